The number of carbonyl (C=O) groups is 1. The average molecular weight is 394 g/mol. The average Bonchev–Trinajstić information content (AvgIpc) is 3.21. The molecule has 28 heavy (non-hydrogen) atoms. The molecule has 0 radical (unpaired) electrons. The van der Waals surface area contributed by atoms with Crippen LogP contribution in [0.2, 0.25) is 0 Å². The Bertz CT molecular complexity index is 860. The normalized spacial score (nSPS) is 17.4. The fraction of sp³-hybridized carbons (Fsp3) is 0.500. The Morgan fingerprint density at radius 3 is 2.75 bits per heavy atom. The topological polar surface area (TPSA) is 50.2 Å². The number of nitrogens with zero attached hydrogens (tertiary/aromatic N) is 3. The number of nitrogens with one attached hydrogen (secondary N) is 1. The van der Waals surface area contributed by atoms with Crippen LogP contribution in [0.4, 0.5) is 13.2 Å². The maximum Gasteiger partial charge on any atom is 0.416 e. The number of aryl methyl sites for hydroxylation is 1. The highest BCUT2D eigenvalue weighted by Gasteiger charge is 2.31. The van der Waals surface area contributed by atoms with Crippen LogP contribution in [0.15, 0.2) is 24.3 Å². The highest BCUT2D eigenvalue weighted by Crippen LogP contribution is 2.31. The molecule has 0 saturated carbocycles. The first-order chi connectivity index (χ1) is 13.2. The Labute approximate surface area is 162 Å². The maximum atomic E-state index is 13.0. The fourth-order valence-corrected chi connectivity index (χ4v) is 3.77. The van der Waals surface area contributed by atoms with Crippen LogP contribution in [0.3, 0.4) is 0 Å². The second-order valence-corrected chi connectivity index (χ2v) is 7.34. The van der Waals surface area contributed by atoms with Crippen molar-refractivity contribution in [1.29, 1.82) is 0 Å². The minimum Gasteiger partial charge on any atom is -0.342 e. The molecule has 1 saturated heterocycles. The zero-order chi connectivity index (χ0) is 20.5. The molecule has 152 valence electrons. The minimum atomic E-state index is -4.41. The van der Waals surface area contributed by atoms with Gasteiger partial charge in [0.15, 0.2) is 0 Å². The molecule has 3 rings (SSSR count). The summed E-state index contributed by atoms with van der Waals surface area (Å²) >= 11 is 0. The predicted molar refractivity (Wildman–Crippen MR) is 100 cm³/mol. The third kappa shape index (κ3) is 4.22. The number of amides is 1. The lowest BCUT2D eigenvalue weighted by atomic mass is 10.1. The van der Waals surface area contributed by atoms with Gasteiger partial charge in [0.05, 0.1) is 23.4 Å². The molecule has 1 N–H and O–H groups in total. The van der Waals surface area contributed by atoms with Gasteiger partial charge in [0.25, 0.3) is 0 Å². The molecular weight excluding hydrogens is 369 g/mol. The summed E-state index contributed by atoms with van der Waals surface area (Å²) in [6, 6.07) is 5.07. The number of benzene rings is 1. The summed E-state index contributed by atoms with van der Waals surface area (Å²) in [5, 5.41) is 7.54. The van der Waals surface area contributed by atoms with Gasteiger partial charge >= 0.3 is 6.18 Å². The van der Waals surface area contributed by atoms with E-state index in [1.165, 1.54) is 10.7 Å². The van der Waals surface area contributed by atoms with Crippen LogP contribution in [0, 0.1) is 19.8 Å². The number of rotatable bonds is 5. The molecule has 1 amide bonds. The number of halogens is 3. The number of hydrogen-bond acceptors (Lipinski definition) is 3. The molecule has 0 unspecified atom stereocenters. The highest BCUT2D eigenvalue weighted by molar-refractivity contribution is 5.79. The molecular formula is C20H25F3N4O. The highest BCUT2D eigenvalue weighted by atomic mass is 19.4. The summed E-state index contributed by atoms with van der Waals surface area (Å²) in [7, 11) is 1.90. The van der Waals surface area contributed by atoms with E-state index in [4.69, 9.17) is 0 Å². The molecule has 0 bridgehead atoms. The van der Waals surface area contributed by atoms with E-state index < -0.39 is 11.7 Å². The monoisotopic (exact) mass is 394 g/mol. The largest absolute Gasteiger partial charge is 0.416 e. The SMILES string of the molecule is CNC[C@H]1CCN(C(=O)Cc2c(C)nn(-c3cccc(C(F)(F)F)c3)c2C)C1. The van der Waals surface area contributed by atoms with E-state index in [9.17, 15) is 18.0 Å². The molecule has 1 aliphatic heterocycles. The van der Waals surface area contributed by atoms with Crippen molar-refractivity contribution in [2.24, 2.45) is 5.92 Å². The summed E-state index contributed by atoms with van der Waals surface area (Å²) in [6.45, 7) is 5.93. The molecule has 5 nitrogen and oxygen atoms in total. The molecule has 1 fully saturated rings. The first-order valence-electron chi connectivity index (χ1n) is 9.35. The first-order valence-corrected chi connectivity index (χ1v) is 9.35. The van der Waals surface area contributed by atoms with Gasteiger partial charge in [-0.1, -0.05) is 6.07 Å². The first kappa shape index (κ1) is 20.4. The van der Waals surface area contributed by atoms with E-state index >= 15 is 0 Å². The van der Waals surface area contributed by atoms with Crippen molar-refractivity contribution >= 4 is 5.91 Å². The second kappa shape index (κ2) is 7.95. The predicted octanol–water partition coefficient (Wildman–Crippen LogP) is 3.12. The van der Waals surface area contributed by atoms with E-state index in [1.807, 2.05) is 11.9 Å². The van der Waals surface area contributed by atoms with Crippen molar-refractivity contribution in [3.63, 3.8) is 0 Å². The maximum absolute atomic E-state index is 13.0. The van der Waals surface area contributed by atoms with Crippen LogP contribution >= 0.6 is 0 Å². The Morgan fingerprint density at radius 1 is 1.32 bits per heavy atom. The Morgan fingerprint density at radius 2 is 2.07 bits per heavy atom. The number of likely N-dealkylation sites (tertiary alicyclic amines) is 1. The molecule has 1 aromatic heterocycles. The number of aromatic nitrogens is 2. The van der Waals surface area contributed by atoms with Crippen LogP contribution in [0.1, 0.15) is 28.9 Å². The third-order valence-electron chi connectivity index (χ3n) is 5.32. The van der Waals surface area contributed by atoms with E-state index in [0.717, 1.165) is 43.8 Å². The van der Waals surface area contributed by atoms with Crippen LogP contribution in [-0.4, -0.2) is 47.3 Å². The third-order valence-corrected chi connectivity index (χ3v) is 5.32. The van der Waals surface area contributed by atoms with E-state index in [2.05, 4.69) is 10.4 Å². The molecule has 2 heterocycles. The molecule has 0 aliphatic carbocycles. The van der Waals surface area contributed by atoms with Gasteiger partial charge in [0.2, 0.25) is 5.91 Å². The van der Waals surface area contributed by atoms with Crippen molar-refractivity contribution in [2.45, 2.75) is 32.9 Å². The molecule has 2 aromatic rings. The quantitative estimate of drug-likeness (QED) is 0.848. The number of alkyl halides is 3. The van der Waals surface area contributed by atoms with Crippen LogP contribution in [-0.2, 0) is 17.4 Å². The summed E-state index contributed by atoms with van der Waals surface area (Å²) in [5.41, 5.74) is 1.75. The lowest BCUT2D eigenvalue weighted by molar-refractivity contribution is -0.137. The molecule has 0 spiro atoms. The molecule has 1 aromatic carbocycles. The Hall–Kier alpha value is -2.35. The second-order valence-electron chi connectivity index (χ2n) is 7.34. The zero-order valence-electron chi connectivity index (χ0n) is 16.3. The van der Waals surface area contributed by atoms with Gasteiger partial charge in [0.1, 0.15) is 0 Å². The van der Waals surface area contributed by atoms with Gasteiger partial charge in [0, 0.05) is 24.3 Å². The minimum absolute atomic E-state index is 0.0356. The van der Waals surface area contributed by atoms with Gasteiger partial charge in [-0.3, -0.25) is 4.79 Å². The summed E-state index contributed by atoms with van der Waals surface area (Å²) in [4.78, 5) is 14.6. The van der Waals surface area contributed by atoms with Gasteiger partial charge in [-0.05, 0) is 58.0 Å². The van der Waals surface area contributed by atoms with Crippen molar-refractivity contribution in [3.8, 4) is 5.69 Å². The lowest BCUT2D eigenvalue weighted by Gasteiger charge is -2.17. The lowest BCUT2D eigenvalue weighted by Crippen LogP contribution is -2.31. The van der Waals surface area contributed by atoms with Crippen LogP contribution < -0.4 is 5.32 Å². The standard InChI is InChI=1S/C20H25F3N4O/c1-13-18(10-19(28)26-8-7-15(12-26)11-24-3)14(2)27(25-13)17-6-4-5-16(9-17)20(21,22)23/h4-6,9,15,24H,7-8,10-12H2,1-3H3/t15-/m1/s1. The Kier molecular flexibility index (Phi) is 5.79. The van der Waals surface area contributed by atoms with Crippen molar-refractivity contribution < 1.29 is 18.0 Å². The van der Waals surface area contributed by atoms with Gasteiger partial charge in [-0.15, -0.1) is 0 Å². The van der Waals surface area contributed by atoms with E-state index in [0.29, 0.717) is 23.0 Å². The van der Waals surface area contributed by atoms with Crippen molar-refractivity contribution in [2.75, 3.05) is 26.7 Å². The van der Waals surface area contributed by atoms with Crippen molar-refractivity contribution in [1.82, 2.24) is 20.0 Å². The summed E-state index contributed by atoms with van der Waals surface area (Å²) in [5.74, 6) is 0.498. The van der Waals surface area contributed by atoms with E-state index in [-0.39, 0.29) is 12.3 Å². The van der Waals surface area contributed by atoms with Crippen LogP contribution in [0.5, 0.6) is 0 Å². The fourth-order valence-electron chi connectivity index (χ4n) is 3.77. The van der Waals surface area contributed by atoms with Crippen LogP contribution in [0.25, 0.3) is 5.69 Å². The number of hydrogen-bond donors (Lipinski definition) is 1. The molecule has 1 aliphatic rings. The van der Waals surface area contributed by atoms with Crippen molar-refractivity contribution in [3.05, 3.63) is 46.8 Å². The van der Waals surface area contributed by atoms with E-state index in [1.54, 1.807) is 19.9 Å². The van der Waals surface area contributed by atoms with Gasteiger partial charge < -0.3 is 10.2 Å². The number of carbonyl (C=O) groups excluding carboxylic acids is 1. The van der Waals surface area contributed by atoms with Gasteiger partial charge in [-0.2, -0.15) is 18.3 Å². The molecule has 8 heteroatoms. The Balaban J connectivity index is 1.80. The summed E-state index contributed by atoms with van der Waals surface area (Å²) in [6.07, 6.45) is -3.22. The molecule has 1 atom stereocenters. The zero-order valence-corrected chi connectivity index (χ0v) is 16.3. The summed E-state index contributed by atoms with van der Waals surface area (Å²) < 4.78 is 40.5. The smallest absolute Gasteiger partial charge is 0.342 e. The van der Waals surface area contributed by atoms with Gasteiger partial charge in [-0.25, -0.2) is 4.68 Å².